The Hall–Kier alpha value is -2.53. The second-order valence-electron chi connectivity index (χ2n) is 5.53. The van der Waals surface area contributed by atoms with Crippen LogP contribution in [0.1, 0.15) is 11.1 Å². The number of anilines is 1. The Balaban J connectivity index is 1.47. The fourth-order valence-electron chi connectivity index (χ4n) is 2.35. The zero-order chi connectivity index (χ0) is 16.8. The van der Waals surface area contributed by atoms with Crippen LogP contribution in [0.2, 0.25) is 0 Å². The maximum Gasteiger partial charge on any atom is 0.234 e. The van der Waals surface area contributed by atoms with Crippen molar-refractivity contribution in [3.8, 4) is 5.69 Å². The van der Waals surface area contributed by atoms with Crippen LogP contribution < -0.4 is 5.32 Å². The van der Waals surface area contributed by atoms with Gasteiger partial charge >= 0.3 is 0 Å². The molecule has 4 nitrogen and oxygen atoms in total. The molecule has 1 aromatic heterocycles. The molecule has 0 spiro atoms. The van der Waals surface area contributed by atoms with Crippen LogP contribution in [0, 0.1) is 6.92 Å². The molecule has 0 saturated carbocycles. The molecule has 0 bridgehead atoms. The van der Waals surface area contributed by atoms with Gasteiger partial charge in [-0.05, 0) is 48.4 Å². The lowest BCUT2D eigenvalue weighted by Gasteiger charge is -2.07. The van der Waals surface area contributed by atoms with Gasteiger partial charge in [0.15, 0.2) is 0 Å². The predicted octanol–water partition coefficient (Wildman–Crippen LogP) is 4.05. The highest BCUT2D eigenvalue weighted by Crippen LogP contribution is 2.16. The van der Waals surface area contributed by atoms with E-state index >= 15 is 0 Å². The Morgan fingerprint density at radius 2 is 2.00 bits per heavy atom. The van der Waals surface area contributed by atoms with Crippen molar-refractivity contribution in [2.45, 2.75) is 12.7 Å². The summed E-state index contributed by atoms with van der Waals surface area (Å²) in [6.45, 7) is 2.01. The van der Waals surface area contributed by atoms with Crippen LogP contribution >= 0.6 is 11.8 Å². The number of aryl methyl sites for hydroxylation is 1. The lowest BCUT2D eigenvalue weighted by Crippen LogP contribution is -2.14. The van der Waals surface area contributed by atoms with E-state index in [1.165, 1.54) is 5.56 Å². The summed E-state index contributed by atoms with van der Waals surface area (Å²) in [5, 5.41) is 7.13. The smallest absolute Gasteiger partial charge is 0.234 e. The highest BCUT2D eigenvalue weighted by molar-refractivity contribution is 7.99. The van der Waals surface area contributed by atoms with Gasteiger partial charge in [0.05, 0.1) is 11.4 Å². The molecule has 3 aromatic rings. The minimum atomic E-state index is 0.0266. The van der Waals surface area contributed by atoms with E-state index in [4.69, 9.17) is 0 Å². The molecule has 5 heteroatoms. The van der Waals surface area contributed by atoms with Gasteiger partial charge in [-0.3, -0.25) is 4.79 Å². The zero-order valence-corrected chi connectivity index (χ0v) is 14.3. The predicted molar refractivity (Wildman–Crippen MR) is 99.5 cm³/mol. The van der Waals surface area contributed by atoms with Crippen molar-refractivity contribution in [1.29, 1.82) is 0 Å². The van der Waals surface area contributed by atoms with Gasteiger partial charge < -0.3 is 5.32 Å². The first kappa shape index (κ1) is 16.3. The van der Waals surface area contributed by atoms with Crippen molar-refractivity contribution in [2.75, 3.05) is 11.1 Å². The molecule has 0 aliphatic heterocycles. The summed E-state index contributed by atoms with van der Waals surface area (Å²) >= 11 is 1.61. The Morgan fingerprint density at radius 3 is 2.71 bits per heavy atom. The molecule has 1 heterocycles. The molecule has 3 rings (SSSR count). The van der Waals surface area contributed by atoms with Gasteiger partial charge in [-0.1, -0.05) is 24.3 Å². The van der Waals surface area contributed by atoms with Gasteiger partial charge in [0.1, 0.15) is 0 Å². The van der Waals surface area contributed by atoms with Crippen LogP contribution in [0.15, 0.2) is 67.0 Å². The largest absolute Gasteiger partial charge is 0.325 e. The Kier molecular flexibility index (Phi) is 5.33. The van der Waals surface area contributed by atoms with Gasteiger partial charge in [0.25, 0.3) is 0 Å². The van der Waals surface area contributed by atoms with Crippen LogP contribution in [-0.4, -0.2) is 21.4 Å². The maximum atomic E-state index is 12.0. The Labute approximate surface area is 145 Å². The molecule has 24 heavy (non-hydrogen) atoms. The van der Waals surface area contributed by atoms with E-state index in [2.05, 4.69) is 22.5 Å². The highest BCUT2D eigenvalue weighted by atomic mass is 32.2. The number of carbonyl (C=O) groups excluding carboxylic acids is 1. The summed E-state index contributed by atoms with van der Waals surface area (Å²) in [7, 11) is 0. The summed E-state index contributed by atoms with van der Waals surface area (Å²) in [6, 6.07) is 17.9. The number of hydrogen-bond acceptors (Lipinski definition) is 3. The van der Waals surface area contributed by atoms with Gasteiger partial charge in [-0.2, -0.15) is 5.10 Å². The van der Waals surface area contributed by atoms with E-state index in [1.807, 2.05) is 60.3 Å². The fraction of sp³-hybridized carbons (Fsp3) is 0.158. The SMILES string of the molecule is Cc1cccc(NC(=O)CSCc2ccc(-n3cccn3)cc2)c1. The van der Waals surface area contributed by atoms with E-state index in [9.17, 15) is 4.79 Å². The molecule has 1 amide bonds. The fourth-order valence-corrected chi connectivity index (χ4v) is 3.14. The Morgan fingerprint density at radius 1 is 1.17 bits per heavy atom. The van der Waals surface area contributed by atoms with Crippen molar-refractivity contribution in [3.05, 3.63) is 78.1 Å². The molecule has 0 radical (unpaired) electrons. The van der Waals surface area contributed by atoms with E-state index in [0.29, 0.717) is 5.75 Å². The molecule has 0 aliphatic rings. The van der Waals surface area contributed by atoms with Crippen molar-refractivity contribution in [3.63, 3.8) is 0 Å². The lowest BCUT2D eigenvalue weighted by atomic mass is 10.2. The summed E-state index contributed by atoms with van der Waals surface area (Å²) in [5.41, 5.74) is 4.21. The zero-order valence-electron chi connectivity index (χ0n) is 13.5. The normalized spacial score (nSPS) is 10.5. The average molecular weight is 337 g/mol. The topological polar surface area (TPSA) is 46.9 Å². The average Bonchev–Trinajstić information content (AvgIpc) is 3.10. The third kappa shape index (κ3) is 4.49. The number of rotatable bonds is 6. The standard InChI is InChI=1S/C19H19N3OS/c1-15-4-2-5-17(12-15)21-19(23)14-24-13-16-6-8-18(9-7-16)22-11-3-10-20-22/h2-12H,13-14H2,1H3,(H,21,23). The monoisotopic (exact) mass is 337 g/mol. The molecule has 0 atom stereocenters. The van der Waals surface area contributed by atoms with E-state index in [0.717, 1.165) is 22.7 Å². The quantitative estimate of drug-likeness (QED) is 0.738. The van der Waals surface area contributed by atoms with Gasteiger partial charge in [-0.25, -0.2) is 4.68 Å². The summed E-state index contributed by atoms with van der Waals surface area (Å²) < 4.78 is 1.83. The number of aromatic nitrogens is 2. The summed E-state index contributed by atoms with van der Waals surface area (Å²) in [5.74, 6) is 1.27. The molecule has 0 fully saturated rings. The molecular weight excluding hydrogens is 318 g/mol. The first-order valence-electron chi connectivity index (χ1n) is 7.74. The van der Waals surface area contributed by atoms with E-state index in [-0.39, 0.29) is 5.91 Å². The highest BCUT2D eigenvalue weighted by Gasteiger charge is 2.04. The second kappa shape index (κ2) is 7.84. The number of benzene rings is 2. The van der Waals surface area contributed by atoms with Gasteiger partial charge in [0.2, 0.25) is 5.91 Å². The summed E-state index contributed by atoms with van der Waals surface area (Å²) in [6.07, 6.45) is 3.68. The van der Waals surface area contributed by atoms with Gasteiger partial charge in [0, 0.05) is 23.8 Å². The second-order valence-corrected chi connectivity index (χ2v) is 6.51. The number of nitrogens with zero attached hydrogens (tertiary/aromatic N) is 2. The number of thioether (sulfide) groups is 1. The first-order chi connectivity index (χ1) is 11.7. The molecule has 0 aliphatic carbocycles. The third-order valence-corrected chi connectivity index (χ3v) is 4.51. The first-order valence-corrected chi connectivity index (χ1v) is 8.89. The molecule has 1 N–H and O–H groups in total. The number of hydrogen-bond donors (Lipinski definition) is 1. The van der Waals surface area contributed by atoms with E-state index < -0.39 is 0 Å². The van der Waals surface area contributed by atoms with Crippen molar-refractivity contribution in [1.82, 2.24) is 9.78 Å². The molecule has 0 unspecified atom stereocenters. The van der Waals surface area contributed by atoms with Crippen LogP contribution in [0.4, 0.5) is 5.69 Å². The minimum absolute atomic E-state index is 0.0266. The molecule has 2 aromatic carbocycles. The minimum Gasteiger partial charge on any atom is -0.325 e. The van der Waals surface area contributed by atoms with Crippen molar-refractivity contribution < 1.29 is 4.79 Å². The third-order valence-electron chi connectivity index (χ3n) is 3.51. The molecule has 122 valence electrons. The van der Waals surface area contributed by atoms with Crippen LogP contribution in [0.3, 0.4) is 0 Å². The van der Waals surface area contributed by atoms with Crippen molar-refractivity contribution in [2.24, 2.45) is 0 Å². The van der Waals surface area contributed by atoms with Crippen LogP contribution in [0.5, 0.6) is 0 Å². The maximum absolute atomic E-state index is 12.0. The van der Waals surface area contributed by atoms with Gasteiger partial charge in [-0.15, -0.1) is 11.8 Å². The van der Waals surface area contributed by atoms with Crippen LogP contribution in [0.25, 0.3) is 5.69 Å². The number of nitrogens with one attached hydrogen (secondary N) is 1. The van der Waals surface area contributed by atoms with E-state index in [1.54, 1.807) is 18.0 Å². The lowest BCUT2D eigenvalue weighted by molar-refractivity contribution is -0.113. The molecular formula is C19H19N3OS. The van der Waals surface area contributed by atoms with Crippen molar-refractivity contribution >= 4 is 23.4 Å². The summed E-state index contributed by atoms with van der Waals surface area (Å²) in [4.78, 5) is 12.0. The van der Waals surface area contributed by atoms with Crippen LogP contribution in [-0.2, 0) is 10.5 Å². The number of amides is 1. The molecule has 0 saturated heterocycles. The number of carbonyl (C=O) groups is 1. The Bertz CT molecular complexity index is 798.